The van der Waals surface area contributed by atoms with Crippen LogP contribution in [0, 0.1) is 11.8 Å². The molecule has 3 aromatic rings. The number of ether oxygens (including phenoxy) is 1. The van der Waals surface area contributed by atoms with E-state index in [1.54, 1.807) is 48.5 Å². The summed E-state index contributed by atoms with van der Waals surface area (Å²) >= 11 is 6.02. The number of fused-ring (bicyclic) bond motifs is 1. The molecule has 0 bridgehead atoms. The van der Waals surface area contributed by atoms with Crippen LogP contribution in [0.25, 0.3) is 0 Å². The molecule has 0 aliphatic carbocycles. The smallest absolute Gasteiger partial charge is 0.331 e. The van der Waals surface area contributed by atoms with Gasteiger partial charge in [-0.1, -0.05) is 72.3 Å². The average Bonchev–Trinajstić information content (AvgIpc) is 3.35. The molecule has 2 fully saturated rings. The zero-order valence-corrected chi connectivity index (χ0v) is 18.5. The number of hydrogen-bond donors (Lipinski definition) is 1. The van der Waals surface area contributed by atoms with Crippen molar-refractivity contribution in [2.75, 3.05) is 12.0 Å². The Labute approximate surface area is 196 Å². The first-order chi connectivity index (χ1) is 16.0. The van der Waals surface area contributed by atoms with Gasteiger partial charge in [-0.2, -0.15) is 0 Å². The van der Waals surface area contributed by atoms with E-state index in [2.05, 4.69) is 5.32 Å². The minimum atomic E-state index is -1.52. The number of rotatable bonds is 4. The first-order valence-corrected chi connectivity index (χ1v) is 11.0. The standard InChI is InChI=1S/C26H21ClN2O4/c1-33-25(32)26(17-10-6-3-7-11-17)21-20(22(28-26)16-8-4-2-5-9-16)23(30)29(24(21)31)19-14-12-18(27)13-15-19/h2-15,20-22,28H,1H3. The predicted molar refractivity (Wildman–Crippen MR) is 123 cm³/mol. The maximum atomic E-state index is 13.9. The number of amides is 2. The van der Waals surface area contributed by atoms with E-state index in [0.717, 1.165) is 5.56 Å². The van der Waals surface area contributed by atoms with E-state index in [1.807, 2.05) is 36.4 Å². The molecular weight excluding hydrogens is 440 g/mol. The van der Waals surface area contributed by atoms with E-state index in [9.17, 15) is 14.4 Å². The summed E-state index contributed by atoms with van der Waals surface area (Å²) < 4.78 is 5.22. The summed E-state index contributed by atoms with van der Waals surface area (Å²) in [4.78, 5) is 42.3. The molecule has 33 heavy (non-hydrogen) atoms. The Morgan fingerprint density at radius 3 is 2.12 bits per heavy atom. The van der Waals surface area contributed by atoms with E-state index < -0.39 is 35.3 Å². The first-order valence-electron chi connectivity index (χ1n) is 10.6. The second-order valence-electron chi connectivity index (χ2n) is 8.19. The lowest BCUT2D eigenvalue weighted by molar-refractivity contribution is -0.152. The van der Waals surface area contributed by atoms with Gasteiger partial charge in [0, 0.05) is 11.1 Å². The highest BCUT2D eigenvalue weighted by Gasteiger charge is 2.69. The van der Waals surface area contributed by atoms with Gasteiger partial charge in [0.05, 0.1) is 24.6 Å². The fourth-order valence-electron chi connectivity index (χ4n) is 5.13. The lowest BCUT2D eigenvalue weighted by Crippen LogP contribution is -2.53. The van der Waals surface area contributed by atoms with Gasteiger partial charge in [-0.05, 0) is 35.4 Å². The van der Waals surface area contributed by atoms with Crippen molar-refractivity contribution in [1.29, 1.82) is 0 Å². The molecule has 0 aromatic heterocycles. The Balaban J connectivity index is 1.72. The van der Waals surface area contributed by atoms with Crippen molar-refractivity contribution in [3.05, 3.63) is 101 Å². The number of carbonyl (C=O) groups is 3. The number of anilines is 1. The number of nitrogens with one attached hydrogen (secondary N) is 1. The highest BCUT2D eigenvalue weighted by atomic mass is 35.5. The van der Waals surface area contributed by atoms with Crippen LogP contribution >= 0.6 is 11.6 Å². The SMILES string of the molecule is COC(=O)C1(c2ccccc2)NC(c2ccccc2)C2C(=O)N(c3ccc(Cl)cc3)C(=O)C21. The van der Waals surface area contributed by atoms with Crippen molar-refractivity contribution in [1.82, 2.24) is 5.32 Å². The van der Waals surface area contributed by atoms with Crippen LogP contribution in [-0.4, -0.2) is 24.9 Å². The van der Waals surface area contributed by atoms with Crippen molar-refractivity contribution in [2.45, 2.75) is 11.6 Å². The predicted octanol–water partition coefficient (Wildman–Crippen LogP) is 3.86. The summed E-state index contributed by atoms with van der Waals surface area (Å²) in [6.07, 6.45) is 0. The quantitative estimate of drug-likeness (QED) is 0.472. The third kappa shape index (κ3) is 3.17. The Morgan fingerprint density at radius 1 is 0.909 bits per heavy atom. The van der Waals surface area contributed by atoms with Gasteiger partial charge in [0.25, 0.3) is 0 Å². The molecule has 7 heteroatoms. The molecule has 0 spiro atoms. The van der Waals surface area contributed by atoms with Crippen LogP contribution in [0.2, 0.25) is 5.02 Å². The zero-order valence-electron chi connectivity index (χ0n) is 17.8. The molecule has 3 aromatic carbocycles. The van der Waals surface area contributed by atoms with E-state index >= 15 is 0 Å². The maximum Gasteiger partial charge on any atom is 0.331 e. The Kier molecular flexibility index (Phi) is 5.27. The molecule has 2 saturated heterocycles. The third-order valence-electron chi connectivity index (χ3n) is 6.54. The van der Waals surface area contributed by atoms with Crippen LogP contribution < -0.4 is 10.2 Å². The molecule has 5 rings (SSSR count). The summed E-state index contributed by atoms with van der Waals surface area (Å²) in [5.74, 6) is -3.21. The lowest BCUT2D eigenvalue weighted by atomic mass is 9.75. The van der Waals surface area contributed by atoms with E-state index in [0.29, 0.717) is 16.3 Å². The fourth-order valence-corrected chi connectivity index (χ4v) is 5.26. The molecule has 1 N–H and O–H groups in total. The van der Waals surface area contributed by atoms with Crippen LogP contribution in [0.5, 0.6) is 0 Å². The molecule has 0 radical (unpaired) electrons. The van der Waals surface area contributed by atoms with Crippen LogP contribution in [0.3, 0.4) is 0 Å². The zero-order chi connectivity index (χ0) is 23.2. The monoisotopic (exact) mass is 460 g/mol. The number of imide groups is 1. The highest BCUT2D eigenvalue weighted by molar-refractivity contribution is 6.31. The molecule has 2 aliphatic rings. The Bertz CT molecular complexity index is 1220. The molecule has 6 nitrogen and oxygen atoms in total. The largest absolute Gasteiger partial charge is 0.467 e. The summed E-state index contributed by atoms with van der Waals surface area (Å²) in [5, 5.41) is 3.86. The van der Waals surface area contributed by atoms with E-state index in [4.69, 9.17) is 16.3 Å². The Hall–Kier alpha value is -3.48. The molecule has 2 aliphatic heterocycles. The second-order valence-corrected chi connectivity index (χ2v) is 8.63. The van der Waals surface area contributed by atoms with Gasteiger partial charge in [0.1, 0.15) is 0 Å². The van der Waals surface area contributed by atoms with E-state index in [-0.39, 0.29) is 5.91 Å². The van der Waals surface area contributed by atoms with Crippen LogP contribution in [0.1, 0.15) is 17.2 Å². The van der Waals surface area contributed by atoms with Gasteiger partial charge >= 0.3 is 5.97 Å². The summed E-state index contributed by atoms with van der Waals surface area (Å²) in [6, 6.07) is 24.3. The van der Waals surface area contributed by atoms with Gasteiger partial charge in [-0.3, -0.25) is 14.9 Å². The maximum absolute atomic E-state index is 13.9. The van der Waals surface area contributed by atoms with Gasteiger partial charge in [-0.15, -0.1) is 0 Å². The van der Waals surface area contributed by atoms with Gasteiger partial charge in [0.2, 0.25) is 11.8 Å². The minimum Gasteiger partial charge on any atom is -0.467 e. The molecule has 166 valence electrons. The van der Waals surface area contributed by atoms with Gasteiger partial charge in [0.15, 0.2) is 5.54 Å². The molecule has 2 amide bonds. The highest BCUT2D eigenvalue weighted by Crippen LogP contribution is 2.54. The van der Waals surface area contributed by atoms with Crippen LogP contribution in [0.4, 0.5) is 5.69 Å². The molecule has 4 atom stereocenters. The lowest BCUT2D eigenvalue weighted by Gasteiger charge is -2.33. The molecule has 0 saturated carbocycles. The topological polar surface area (TPSA) is 75.7 Å². The number of methoxy groups -OCH3 is 1. The van der Waals surface area contributed by atoms with Crippen molar-refractivity contribution in [2.24, 2.45) is 11.8 Å². The number of benzene rings is 3. The fraction of sp³-hybridized carbons (Fsp3) is 0.192. The van der Waals surface area contributed by atoms with Gasteiger partial charge < -0.3 is 4.74 Å². The van der Waals surface area contributed by atoms with Crippen LogP contribution in [0.15, 0.2) is 84.9 Å². The average molecular weight is 461 g/mol. The summed E-state index contributed by atoms with van der Waals surface area (Å²) in [6.45, 7) is 0. The van der Waals surface area contributed by atoms with Crippen molar-refractivity contribution < 1.29 is 19.1 Å². The molecule has 2 heterocycles. The van der Waals surface area contributed by atoms with Crippen molar-refractivity contribution in [3.63, 3.8) is 0 Å². The number of nitrogens with zero attached hydrogens (tertiary/aromatic N) is 1. The Morgan fingerprint density at radius 2 is 1.52 bits per heavy atom. The van der Waals surface area contributed by atoms with Crippen LogP contribution in [-0.2, 0) is 24.7 Å². The van der Waals surface area contributed by atoms with E-state index in [1.165, 1.54) is 12.0 Å². The molecular formula is C26H21ClN2O4. The first kappa shape index (κ1) is 21.4. The second kappa shape index (κ2) is 8.14. The number of hydrogen-bond acceptors (Lipinski definition) is 5. The third-order valence-corrected chi connectivity index (χ3v) is 6.79. The van der Waals surface area contributed by atoms with Crippen molar-refractivity contribution >= 4 is 35.1 Å². The number of carbonyl (C=O) groups excluding carboxylic acids is 3. The molecule has 4 unspecified atom stereocenters. The number of halogens is 1. The normalized spacial score (nSPS) is 26.4. The van der Waals surface area contributed by atoms with Gasteiger partial charge in [-0.25, -0.2) is 9.69 Å². The minimum absolute atomic E-state index is 0.365. The summed E-state index contributed by atoms with van der Waals surface area (Å²) in [5.41, 5.74) is 0.287. The number of esters is 1. The van der Waals surface area contributed by atoms with Crippen molar-refractivity contribution in [3.8, 4) is 0 Å². The summed E-state index contributed by atoms with van der Waals surface area (Å²) in [7, 11) is 1.29.